The van der Waals surface area contributed by atoms with Crippen LogP contribution in [0.25, 0.3) is 0 Å². The zero-order valence-electron chi connectivity index (χ0n) is 13.9. The Kier molecular flexibility index (Phi) is 5.59. The molecule has 0 aromatic heterocycles. The Morgan fingerprint density at radius 2 is 2.05 bits per heavy atom. The summed E-state index contributed by atoms with van der Waals surface area (Å²) in [5.74, 6) is 0.710. The van der Waals surface area contributed by atoms with Gasteiger partial charge in [0.25, 0.3) is 0 Å². The lowest BCUT2D eigenvalue weighted by molar-refractivity contribution is -0.224. The van der Waals surface area contributed by atoms with E-state index in [1.54, 1.807) is 7.11 Å². The molecule has 0 spiro atoms. The normalized spacial score (nSPS) is 19.6. The summed E-state index contributed by atoms with van der Waals surface area (Å²) < 4.78 is 16.7. The molecule has 0 amide bonds. The number of ether oxygens (including phenoxy) is 3. The number of benzene rings is 1. The van der Waals surface area contributed by atoms with E-state index in [1.165, 1.54) is 0 Å². The number of methoxy groups -OCH3 is 1. The molecule has 0 bridgehead atoms. The Balaban J connectivity index is 1.92. The summed E-state index contributed by atoms with van der Waals surface area (Å²) in [4.78, 5) is 11.4. The van der Waals surface area contributed by atoms with Crippen LogP contribution in [0.4, 0.5) is 0 Å². The first-order chi connectivity index (χ1) is 10.4. The summed E-state index contributed by atoms with van der Waals surface area (Å²) in [6.45, 7) is 7.63. The summed E-state index contributed by atoms with van der Waals surface area (Å²) in [5, 5.41) is 0. The van der Waals surface area contributed by atoms with Crippen LogP contribution in [0.5, 0.6) is 5.75 Å². The molecular weight excluding hydrogens is 280 g/mol. The first kappa shape index (κ1) is 17.0. The van der Waals surface area contributed by atoms with Crippen LogP contribution in [0.3, 0.4) is 0 Å². The molecule has 1 aliphatic heterocycles. The Hall–Kier alpha value is -1.39. The lowest BCUT2D eigenvalue weighted by Crippen LogP contribution is -2.37. The van der Waals surface area contributed by atoms with Crippen LogP contribution in [-0.4, -0.2) is 32.9 Å². The molecule has 122 valence electrons. The zero-order chi connectivity index (χ0) is 16.2. The molecule has 1 unspecified atom stereocenters. The van der Waals surface area contributed by atoms with E-state index >= 15 is 0 Å². The topological polar surface area (TPSA) is 44.8 Å². The van der Waals surface area contributed by atoms with Crippen molar-refractivity contribution in [2.45, 2.75) is 45.8 Å². The summed E-state index contributed by atoms with van der Waals surface area (Å²) >= 11 is 0. The fraction of sp³-hybridized carbons (Fsp3) is 0.611. The van der Waals surface area contributed by atoms with Crippen LogP contribution in [0.15, 0.2) is 18.2 Å². The van der Waals surface area contributed by atoms with Crippen molar-refractivity contribution in [1.82, 2.24) is 0 Å². The second kappa shape index (κ2) is 7.25. The van der Waals surface area contributed by atoms with Gasteiger partial charge in [-0.3, -0.25) is 0 Å². The van der Waals surface area contributed by atoms with Gasteiger partial charge in [-0.1, -0.05) is 26.0 Å². The van der Waals surface area contributed by atoms with Gasteiger partial charge in [-0.25, -0.2) is 0 Å². The first-order valence-corrected chi connectivity index (χ1v) is 7.78. The van der Waals surface area contributed by atoms with E-state index < -0.39 is 0 Å². The van der Waals surface area contributed by atoms with E-state index in [9.17, 15) is 4.79 Å². The van der Waals surface area contributed by atoms with Crippen molar-refractivity contribution in [2.75, 3.05) is 20.3 Å². The van der Waals surface area contributed by atoms with Gasteiger partial charge in [-0.15, -0.1) is 0 Å². The van der Waals surface area contributed by atoms with Crippen molar-refractivity contribution in [3.63, 3.8) is 0 Å². The number of aryl methyl sites for hydroxylation is 1. The number of aldehydes is 1. The lowest BCUT2D eigenvalue weighted by atomic mass is 9.93. The average Bonchev–Trinajstić information content (AvgIpc) is 2.49. The van der Waals surface area contributed by atoms with Gasteiger partial charge >= 0.3 is 0 Å². The van der Waals surface area contributed by atoms with Gasteiger partial charge in [0.15, 0.2) is 6.29 Å². The fourth-order valence-electron chi connectivity index (χ4n) is 2.65. The quantitative estimate of drug-likeness (QED) is 0.755. The summed E-state index contributed by atoms with van der Waals surface area (Å²) in [7, 11) is 1.65. The van der Waals surface area contributed by atoms with Gasteiger partial charge in [0.1, 0.15) is 12.0 Å². The molecule has 1 aliphatic rings. The molecule has 1 aromatic carbocycles. The van der Waals surface area contributed by atoms with E-state index in [1.807, 2.05) is 25.1 Å². The maximum atomic E-state index is 11.4. The minimum atomic E-state index is -0.199. The number of carbonyl (C=O) groups excluding carboxylic acids is 1. The third-order valence-corrected chi connectivity index (χ3v) is 4.04. The molecule has 1 fully saturated rings. The maximum Gasteiger partial charge on any atom is 0.157 e. The predicted octanol–water partition coefficient (Wildman–Crippen LogP) is 3.47. The van der Waals surface area contributed by atoms with Crippen LogP contribution >= 0.6 is 0 Å². The third-order valence-electron chi connectivity index (χ3n) is 4.04. The van der Waals surface area contributed by atoms with Crippen molar-refractivity contribution >= 4 is 6.29 Å². The second-order valence-electron chi connectivity index (χ2n) is 6.76. The Labute approximate surface area is 132 Å². The monoisotopic (exact) mass is 306 g/mol. The van der Waals surface area contributed by atoms with Crippen LogP contribution in [0.1, 0.15) is 43.7 Å². The molecule has 1 aromatic rings. The van der Waals surface area contributed by atoms with Crippen LogP contribution in [-0.2, 0) is 14.3 Å². The zero-order valence-corrected chi connectivity index (χ0v) is 13.9. The standard InChI is InChI=1S/C18H26O4/c1-13-9-14(5-7-16(13)20-4)15(10-19)6-8-17-21-11-18(2,3)12-22-17/h5,7,9-10,15,17H,6,8,11-12H2,1-4H3. The SMILES string of the molecule is COc1ccc(C(C=O)CCC2OCC(C)(C)CO2)cc1C. The fourth-order valence-corrected chi connectivity index (χ4v) is 2.65. The van der Waals surface area contributed by atoms with Crippen molar-refractivity contribution < 1.29 is 19.0 Å². The molecule has 2 rings (SSSR count). The highest BCUT2D eigenvalue weighted by Crippen LogP contribution is 2.29. The van der Waals surface area contributed by atoms with E-state index in [2.05, 4.69) is 13.8 Å². The average molecular weight is 306 g/mol. The Bertz CT molecular complexity index is 500. The minimum absolute atomic E-state index is 0.0770. The molecule has 4 nitrogen and oxygen atoms in total. The number of hydrogen-bond donors (Lipinski definition) is 0. The molecule has 0 radical (unpaired) electrons. The van der Waals surface area contributed by atoms with Gasteiger partial charge in [0.2, 0.25) is 0 Å². The predicted molar refractivity (Wildman–Crippen MR) is 85.2 cm³/mol. The van der Waals surface area contributed by atoms with Gasteiger partial charge in [-0.05, 0) is 37.0 Å². The van der Waals surface area contributed by atoms with E-state index in [0.29, 0.717) is 13.2 Å². The number of rotatable bonds is 6. The summed E-state index contributed by atoms with van der Waals surface area (Å²) in [5.41, 5.74) is 2.14. The van der Waals surface area contributed by atoms with Gasteiger partial charge in [0.05, 0.1) is 20.3 Å². The first-order valence-electron chi connectivity index (χ1n) is 7.78. The molecule has 22 heavy (non-hydrogen) atoms. The van der Waals surface area contributed by atoms with Crippen molar-refractivity contribution in [3.05, 3.63) is 29.3 Å². The maximum absolute atomic E-state index is 11.4. The largest absolute Gasteiger partial charge is 0.496 e. The van der Waals surface area contributed by atoms with Gasteiger partial charge in [-0.2, -0.15) is 0 Å². The van der Waals surface area contributed by atoms with Crippen molar-refractivity contribution in [2.24, 2.45) is 5.41 Å². The molecule has 4 heteroatoms. The highest BCUT2D eigenvalue weighted by atomic mass is 16.7. The van der Waals surface area contributed by atoms with E-state index in [4.69, 9.17) is 14.2 Å². The molecular formula is C18H26O4. The van der Waals surface area contributed by atoms with Gasteiger partial charge < -0.3 is 19.0 Å². The van der Waals surface area contributed by atoms with Crippen LogP contribution in [0.2, 0.25) is 0 Å². The minimum Gasteiger partial charge on any atom is -0.496 e. The molecule has 0 aliphatic carbocycles. The number of carbonyl (C=O) groups is 1. The smallest absolute Gasteiger partial charge is 0.157 e. The molecule has 0 saturated carbocycles. The van der Waals surface area contributed by atoms with Crippen molar-refractivity contribution in [3.8, 4) is 5.75 Å². The lowest BCUT2D eigenvalue weighted by Gasteiger charge is -2.34. The van der Waals surface area contributed by atoms with Crippen LogP contribution in [0, 0.1) is 12.3 Å². The second-order valence-corrected chi connectivity index (χ2v) is 6.76. The molecule has 1 heterocycles. The van der Waals surface area contributed by atoms with Crippen molar-refractivity contribution in [1.29, 1.82) is 0 Å². The molecule has 0 N–H and O–H groups in total. The van der Waals surface area contributed by atoms with Gasteiger partial charge in [0, 0.05) is 11.3 Å². The van der Waals surface area contributed by atoms with E-state index in [0.717, 1.165) is 36.0 Å². The summed E-state index contributed by atoms with van der Waals surface area (Å²) in [6, 6.07) is 5.89. The van der Waals surface area contributed by atoms with Crippen LogP contribution < -0.4 is 4.74 Å². The summed E-state index contributed by atoms with van der Waals surface area (Å²) in [6.07, 6.45) is 2.26. The Morgan fingerprint density at radius 3 is 2.59 bits per heavy atom. The Morgan fingerprint density at radius 1 is 1.36 bits per heavy atom. The highest BCUT2D eigenvalue weighted by molar-refractivity contribution is 5.62. The molecule has 1 saturated heterocycles. The highest BCUT2D eigenvalue weighted by Gasteiger charge is 2.28. The van der Waals surface area contributed by atoms with E-state index in [-0.39, 0.29) is 17.6 Å². The molecule has 1 atom stereocenters. The third kappa shape index (κ3) is 4.31. The number of hydrogen-bond acceptors (Lipinski definition) is 4.